The van der Waals surface area contributed by atoms with Gasteiger partial charge in [-0.05, 0) is 0 Å². The molecule has 1 aliphatic rings. The molecule has 3 atom stereocenters. The fourth-order valence-electron chi connectivity index (χ4n) is 2.55. The van der Waals surface area contributed by atoms with Gasteiger partial charge in [-0.2, -0.15) is 0 Å². The van der Waals surface area contributed by atoms with E-state index in [9.17, 15) is 15.3 Å². The van der Waals surface area contributed by atoms with Gasteiger partial charge in [0.2, 0.25) is 0 Å². The number of aliphatic hydroxyl groups is 3. The summed E-state index contributed by atoms with van der Waals surface area (Å²) in [4.78, 5) is 12.4. The summed E-state index contributed by atoms with van der Waals surface area (Å²) in [6.07, 6.45) is 0.457. The zero-order valence-corrected chi connectivity index (χ0v) is 11.9. The highest BCUT2D eigenvalue weighted by Gasteiger charge is 2.41. The number of halogens is 1. The van der Waals surface area contributed by atoms with Gasteiger partial charge >= 0.3 is 0 Å². The van der Waals surface area contributed by atoms with Crippen molar-refractivity contribution in [1.29, 1.82) is 0 Å². The molecular formula is C12H14ClN5O3. The molecule has 0 saturated heterocycles. The maximum absolute atomic E-state index is 10.2. The molecule has 0 radical (unpaired) electrons. The minimum atomic E-state index is -1.21. The van der Waals surface area contributed by atoms with Gasteiger partial charge in [0.05, 0.1) is 12.9 Å². The highest BCUT2D eigenvalue weighted by atomic mass is 35.5. The topological polar surface area (TPSA) is 116 Å². The van der Waals surface area contributed by atoms with Gasteiger partial charge in [-0.1, -0.05) is 11.6 Å². The van der Waals surface area contributed by atoms with Crippen LogP contribution in [0.2, 0.25) is 0 Å². The van der Waals surface area contributed by atoms with Crippen LogP contribution in [-0.4, -0.2) is 60.7 Å². The maximum atomic E-state index is 10.2. The zero-order chi connectivity index (χ0) is 15.1. The first-order chi connectivity index (χ1) is 10.1. The van der Waals surface area contributed by atoms with Crippen molar-refractivity contribution < 1.29 is 15.3 Å². The Hall–Kier alpha value is -1.74. The lowest BCUT2D eigenvalue weighted by Crippen LogP contribution is -2.30. The molecule has 0 aromatic carbocycles. The van der Waals surface area contributed by atoms with E-state index in [0.717, 1.165) is 0 Å². The average Bonchev–Trinajstić information content (AvgIpc) is 2.99. The zero-order valence-electron chi connectivity index (χ0n) is 11.1. The van der Waals surface area contributed by atoms with Crippen LogP contribution in [0.5, 0.6) is 0 Å². The van der Waals surface area contributed by atoms with Crippen LogP contribution in [0.3, 0.4) is 0 Å². The fraction of sp³-hybridized carbons (Fsp3) is 0.417. The summed E-state index contributed by atoms with van der Waals surface area (Å²) in [6.45, 7) is -0.420. The van der Waals surface area contributed by atoms with Crippen molar-refractivity contribution >= 4 is 28.6 Å². The second-order valence-corrected chi connectivity index (χ2v) is 5.12. The molecule has 2 aromatic rings. The van der Waals surface area contributed by atoms with Crippen LogP contribution >= 0.6 is 11.6 Å². The van der Waals surface area contributed by atoms with Gasteiger partial charge in [-0.15, -0.1) is 0 Å². The van der Waals surface area contributed by atoms with Gasteiger partial charge in [0.15, 0.2) is 11.5 Å². The molecular weight excluding hydrogens is 298 g/mol. The van der Waals surface area contributed by atoms with Crippen molar-refractivity contribution in [2.45, 2.75) is 18.2 Å². The van der Waals surface area contributed by atoms with Crippen LogP contribution in [-0.2, 0) is 0 Å². The molecule has 0 amide bonds. The fourth-order valence-corrected chi connectivity index (χ4v) is 2.96. The number of fused-ring (bicyclic) bond motifs is 1. The number of nitrogens with zero attached hydrogens (tertiary/aromatic N) is 4. The summed E-state index contributed by atoms with van der Waals surface area (Å²) in [6, 6.07) is -0.742. The molecule has 0 spiro atoms. The summed E-state index contributed by atoms with van der Waals surface area (Å²) < 4.78 is 1.57. The lowest BCUT2D eigenvalue weighted by molar-refractivity contribution is 0.0284. The van der Waals surface area contributed by atoms with E-state index in [1.165, 1.54) is 12.7 Å². The normalized spacial score (nSPS) is 25.9. The standard InChI is InChI=1S/C12H14ClN5O3/c1-14-11-7-12(16-3-15-11)18(4-17-7)8-6(13)5(2-19)9(20)10(8)21/h3-4,8-10,19-21H,2H2,1H3,(H,14,15,16)/t8?,9-,10-/m0/s1. The molecule has 2 aromatic heterocycles. The van der Waals surface area contributed by atoms with E-state index in [1.54, 1.807) is 11.6 Å². The summed E-state index contributed by atoms with van der Waals surface area (Å²) in [5.41, 5.74) is 1.21. The van der Waals surface area contributed by atoms with Crippen molar-refractivity contribution in [1.82, 2.24) is 19.5 Å². The van der Waals surface area contributed by atoms with E-state index < -0.39 is 24.9 Å². The van der Waals surface area contributed by atoms with Gasteiger partial charge in [-0.3, -0.25) is 0 Å². The first kappa shape index (κ1) is 14.2. The molecule has 0 saturated carbocycles. The van der Waals surface area contributed by atoms with Crippen molar-refractivity contribution in [2.24, 2.45) is 0 Å². The van der Waals surface area contributed by atoms with E-state index >= 15 is 0 Å². The number of aliphatic hydroxyl groups excluding tert-OH is 3. The van der Waals surface area contributed by atoms with Crippen molar-refractivity contribution in [3.8, 4) is 0 Å². The molecule has 3 rings (SSSR count). The largest absolute Gasteiger partial charge is 0.392 e. The third-order valence-corrected chi connectivity index (χ3v) is 4.10. The van der Waals surface area contributed by atoms with Crippen LogP contribution in [0.4, 0.5) is 5.82 Å². The molecule has 4 N–H and O–H groups in total. The predicted octanol–water partition coefficient (Wildman–Crippen LogP) is -0.370. The minimum absolute atomic E-state index is 0.196. The van der Waals surface area contributed by atoms with Gasteiger partial charge in [0.25, 0.3) is 0 Å². The number of nitrogens with one attached hydrogen (secondary N) is 1. The number of imidazole rings is 1. The Bertz CT molecular complexity index is 716. The Balaban J connectivity index is 2.15. The van der Waals surface area contributed by atoms with E-state index in [4.69, 9.17) is 11.6 Å². The van der Waals surface area contributed by atoms with Crippen molar-refractivity contribution in [3.05, 3.63) is 23.3 Å². The molecule has 1 unspecified atom stereocenters. The Morgan fingerprint density at radius 2 is 2.10 bits per heavy atom. The molecule has 0 aliphatic heterocycles. The van der Waals surface area contributed by atoms with Crippen molar-refractivity contribution in [2.75, 3.05) is 19.0 Å². The first-order valence-electron chi connectivity index (χ1n) is 6.30. The average molecular weight is 312 g/mol. The number of hydrogen-bond donors (Lipinski definition) is 4. The van der Waals surface area contributed by atoms with Crippen LogP contribution in [0.1, 0.15) is 6.04 Å². The van der Waals surface area contributed by atoms with Crippen LogP contribution in [0.15, 0.2) is 23.3 Å². The maximum Gasteiger partial charge on any atom is 0.166 e. The summed E-state index contributed by atoms with van der Waals surface area (Å²) in [5.74, 6) is 0.550. The third-order valence-electron chi connectivity index (χ3n) is 3.64. The number of anilines is 1. The number of aromatic nitrogens is 4. The predicted molar refractivity (Wildman–Crippen MR) is 75.9 cm³/mol. The lowest BCUT2D eigenvalue weighted by atomic mass is 10.1. The van der Waals surface area contributed by atoms with Crippen LogP contribution < -0.4 is 5.32 Å². The van der Waals surface area contributed by atoms with Crippen LogP contribution in [0, 0.1) is 0 Å². The quantitative estimate of drug-likeness (QED) is 0.611. The Kier molecular flexibility index (Phi) is 3.54. The van der Waals surface area contributed by atoms with Crippen LogP contribution in [0.25, 0.3) is 11.2 Å². The summed E-state index contributed by atoms with van der Waals surface area (Å²) in [5, 5.41) is 32.5. The van der Waals surface area contributed by atoms with E-state index in [1.807, 2.05) is 0 Å². The highest BCUT2D eigenvalue weighted by Crippen LogP contribution is 2.40. The molecule has 0 bridgehead atoms. The Morgan fingerprint density at radius 1 is 1.33 bits per heavy atom. The molecule has 21 heavy (non-hydrogen) atoms. The minimum Gasteiger partial charge on any atom is -0.392 e. The molecule has 112 valence electrons. The second kappa shape index (κ2) is 5.23. The van der Waals surface area contributed by atoms with Gasteiger partial charge in [0.1, 0.15) is 30.1 Å². The third kappa shape index (κ3) is 1.99. The van der Waals surface area contributed by atoms with Gasteiger partial charge < -0.3 is 25.2 Å². The highest BCUT2D eigenvalue weighted by molar-refractivity contribution is 6.31. The van der Waals surface area contributed by atoms with Gasteiger partial charge in [0, 0.05) is 17.7 Å². The Labute approximate surface area is 124 Å². The lowest BCUT2D eigenvalue weighted by Gasteiger charge is -2.19. The molecule has 8 nitrogen and oxygen atoms in total. The monoisotopic (exact) mass is 311 g/mol. The molecule has 1 aliphatic carbocycles. The molecule has 2 heterocycles. The second-order valence-electron chi connectivity index (χ2n) is 4.71. The van der Waals surface area contributed by atoms with Gasteiger partial charge in [-0.25, -0.2) is 15.0 Å². The Morgan fingerprint density at radius 3 is 2.71 bits per heavy atom. The van der Waals surface area contributed by atoms with E-state index in [-0.39, 0.29) is 10.6 Å². The smallest absolute Gasteiger partial charge is 0.166 e. The number of hydrogen-bond acceptors (Lipinski definition) is 7. The van der Waals surface area contributed by atoms with E-state index in [0.29, 0.717) is 17.0 Å². The summed E-state index contributed by atoms with van der Waals surface area (Å²) in [7, 11) is 1.71. The summed E-state index contributed by atoms with van der Waals surface area (Å²) >= 11 is 6.19. The number of rotatable bonds is 3. The SMILES string of the molecule is CNc1ncnc2c1ncn2C1C(Cl)=C(CO)[C@H](O)[C@H]1O. The molecule has 0 fully saturated rings. The van der Waals surface area contributed by atoms with Crippen molar-refractivity contribution in [3.63, 3.8) is 0 Å². The molecule has 9 heteroatoms. The van der Waals surface area contributed by atoms with E-state index in [2.05, 4.69) is 20.3 Å². The first-order valence-corrected chi connectivity index (χ1v) is 6.68.